The molecule has 6 heteroatoms. The lowest BCUT2D eigenvalue weighted by molar-refractivity contribution is 0.316. The Bertz CT molecular complexity index is 629. The summed E-state index contributed by atoms with van der Waals surface area (Å²) in [5, 5.41) is 16.7. The quantitative estimate of drug-likeness (QED) is 0.611. The Labute approximate surface area is 103 Å². The van der Waals surface area contributed by atoms with Crippen LogP contribution in [0, 0.1) is 0 Å². The average molecular weight is 241 g/mol. The second kappa shape index (κ2) is 4.06. The lowest BCUT2D eigenvalue weighted by Gasteiger charge is -2.23. The predicted octanol–water partition coefficient (Wildman–Crippen LogP) is 1.80. The molecule has 1 N–H and O–H groups in total. The van der Waals surface area contributed by atoms with Crippen molar-refractivity contribution in [3.05, 3.63) is 42.2 Å². The molecule has 1 aromatic heterocycles. The highest BCUT2D eigenvalue weighted by Crippen LogP contribution is 2.28. The molecule has 1 aliphatic rings. The van der Waals surface area contributed by atoms with Gasteiger partial charge in [0.15, 0.2) is 0 Å². The zero-order valence-electron chi connectivity index (χ0n) is 9.72. The van der Waals surface area contributed by atoms with E-state index in [2.05, 4.69) is 20.2 Å². The third-order valence-electron chi connectivity index (χ3n) is 2.92. The molecule has 90 valence electrons. The molecule has 1 aliphatic heterocycles. The van der Waals surface area contributed by atoms with Gasteiger partial charge in [-0.1, -0.05) is 35.5 Å². The first-order valence-corrected chi connectivity index (χ1v) is 5.53. The first kappa shape index (κ1) is 10.6. The van der Waals surface area contributed by atoms with Gasteiger partial charge in [0.25, 0.3) is 0 Å². The fourth-order valence-electron chi connectivity index (χ4n) is 2.09. The second-order valence-electron chi connectivity index (χ2n) is 4.00. The summed E-state index contributed by atoms with van der Waals surface area (Å²) in [6.07, 6.45) is 1.45. The van der Waals surface area contributed by atoms with Crippen molar-refractivity contribution in [3.8, 4) is 0 Å². The van der Waals surface area contributed by atoms with Crippen molar-refractivity contribution in [2.75, 3.05) is 0 Å². The van der Waals surface area contributed by atoms with Crippen LogP contribution in [0.3, 0.4) is 0 Å². The SMILES string of the molecule is CC1=Nc2ncnn2[C@H](c2ccccc2)/C1=N\O. The van der Waals surface area contributed by atoms with E-state index in [9.17, 15) is 5.21 Å². The maximum atomic E-state index is 9.20. The highest BCUT2D eigenvalue weighted by atomic mass is 16.4. The van der Waals surface area contributed by atoms with Gasteiger partial charge >= 0.3 is 0 Å². The Morgan fingerprint density at radius 2 is 2.06 bits per heavy atom. The van der Waals surface area contributed by atoms with Gasteiger partial charge in [0, 0.05) is 0 Å². The molecule has 0 bridgehead atoms. The minimum Gasteiger partial charge on any atom is -0.411 e. The molecule has 0 fully saturated rings. The van der Waals surface area contributed by atoms with Gasteiger partial charge in [-0.15, -0.1) is 0 Å². The Hall–Kier alpha value is -2.50. The van der Waals surface area contributed by atoms with Gasteiger partial charge in [-0.25, -0.2) is 9.67 Å². The molecule has 18 heavy (non-hydrogen) atoms. The molecule has 1 aromatic carbocycles. The van der Waals surface area contributed by atoms with Gasteiger partial charge in [-0.2, -0.15) is 10.1 Å². The van der Waals surface area contributed by atoms with Gasteiger partial charge in [0.2, 0.25) is 5.95 Å². The van der Waals surface area contributed by atoms with E-state index >= 15 is 0 Å². The van der Waals surface area contributed by atoms with Crippen LogP contribution in [0.15, 0.2) is 46.8 Å². The summed E-state index contributed by atoms with van der Waals surface area (Å²) < 4.78 is 1.65. The fourth-order valence-corrected chi connectivity index (χ4v) is 2.09. The van der Waals surface area contributed by atoms with Crippen LogP contribution in [-0.2, 0) is 0 Å². The number of aromatic nitrogens is 3. The van der Waals surface area contributed by atoms with Crippen molar-refractivity contribution in [2.24, 2.45) is 10.1 Å². The van der Waals surface area contributed by atoms with E-state index in [1.54, 1.807) is 11.6 Å². The molecule has 0 unspecified atom stereocenters. The molecule has 2 aromatic rings. The van der Waals surface area contributed by atoms with Gasteiger partial charge in [-0.05, 0) is 12.5 Å². The molecule has 0 amide bonds. The second-order valence-corrected chi connectivity index (χ2v) is 4.00. The summed E-state index contributed by atoms with van der Waals surface area (Å²) in [5.74, 6) is 0.522. The average Bonchev–Trinajstić information content (AvgIpc) is 2.85. The van der Waals surface area contributed by atoms with Crippen molar-refractivity contribution in [3.63, 3.8) is 0 Å². The third-order valence-corrected chi connectivity index (χ3v) is 2.92. The number of fused-ring (bicyclic) bond motifs is 1. The molecule has 0 spiro atoms. The maximum absolute atomic E-state index is 9.20. The monoisotopic (exact) mass is 241 g/mol. The minimum absolute atomic E-state index is 0.286. The van der Waals surface area contributed by atoms with E-state index in [0.29, 0.717) is 17.4 Å². The van der Waals surface area contributed by atoms with Crippen LogP contribution in [0.4, 0.5) is 5.95 Å². The number of hydrogen-bond acceptors (Lipinski definition) is 5. The zero-order valence-corrected chi connectivity index (χ0v) is 9.72. The summed E-state index contributed by atoms with van der Waals surface area (Å²) in [7, 11) is 0. The Kier molecular flexibility index (Phi) is 2.40. The van der Waals surface area contributed by atoms with E-state index in [1.165, 1.54) is 6.33 Å². The summed E-state index contributed by atoms with van der Waals surface area (Å²) >= 11 is 0. The minimum atomic E-state index is -0.286. The molecule has 0 saturated heterocycles. The lowest BCUT2D eigenvalue weighted by Crippen LogP contribution is -2.30. The van der Waals surface area contributed by atoms with Crippen LogP contribution in [0.5, 0.6) is 0 Å². The Balaban J connectivity index is 2.21. The van der Waals surface area contributed by atoms with E-state index < -0.39 is 0 Å². The smallest absolute Gasteiger partial charge is 0.249 e. The number of nitrogens with zero attached hydrogens (tertiary/aromatic N) is 5. The van der Waals surface area contributed by atoms with Gasteiger partial charge < -0.3 is 5.21 Å². The summed E-state index contributed by atoms with van der Waals surface area (Å²) in [5.41, 5.74) is 2.11. The molecule has 0 aliphatic carbocycles. The van der Waals surface area contributed by atoms with E-state index in [0.717, 1.165) is 5.56 Å². The first-order valence-electron chi connectivity index (χ1n) is 5.53. The molecular weight excluding hydrogens is 230 g/mol. The van der Waals surface area contributed by atoms with E-state index in [-0.39, 0.29) is 6.04 Å². The van der Waals surface area contributed by atoms with Crippen LogP contribution in [0.25, 0.3) is 0 Å². The van der Waals surface area contributed by atoms with E-state index in [4.69, 9.17) is 0 Å². The molecule has 1 atom stereocenters. The van der Waals surface area contributed by atoms with E-state index in [1.807, 2.05) is 30.3 Å². The largest absolute Gasteiger partial charge is 0.411 e. The number of benzene rings is 1. The standard InChI is InChI=1S/C12H11N5O/c1-8-10(16-18)11(9-5-3-2-4-6-9)17-12(15-8)13-7-14-17/h2-7,11,18H,1H3/b16-10-/t11-/m1/s1. The third kappa shape index (κ3) is 1.50. The number of oxime groups is 1. The Morgan fingerprint density at radius 3 is 2.78 bits per heavy atom. The van der Waals surface area contributed by atoms with Crippen LogP contribution in [0.2, 0.25) is 0 Å². The zero-order chi connectivity index (χ0) is 12.5. The number of hydrogen-bond donors (Lipinski definition) is 1. The van der Waals surface area contributed by atoms with Crippen LogP contribution < -0.4 is 0 Å². The summed E-state index contributed by atoms with van der Waals surface area (Å²) in [6, 6.07) is 9.43. The highest BCUT2D eigenvalue weighted by molar-refractivity contribution is 6.44. The van der Waals surface area contributed by atoms with Crippen molar-refractivity contribution in [1.29, 1.82) is 0 Å². The molecule has 2 heterocycles. The topological polar surface area (TPSA) is 75.7 Å². The van der Waals surface area contributed by atoms with Crippen LogP contribution >= 0.6 is 0 Å². The molecule has 0 saturated carbocycles. The highest BCUT2D eigenvalue weighted by Gasteiger charge is 2.30. The fraction of sp³-hybridized carbons (Fsp3) is 0.167. The molecular formula is C12H11N5O. The molecule has 6 nitrogen and oxygen atoms in total. The number of aliphatic imine (C=N–C) groups is 1. The van der Waals surface area contributed by atoms with Crippen molar-refractivity contribution in [1.82, 2.24) is 14.8 Å². The molecule has 3 rings (SSSR count). The number of rotatable bonds is 1. The van der Waals surface area contributed by atoms with Crippen molar-refractivity contribution in [2.45, 2.75) is 13.0 Å². The van der Waals surface area contributed by atoms with Crippen LogP contribution in [-0.4, -0.2) is 31.4 Å². The summed E-state index contributed by atoms with van der Waals surface area (Å²) in [4.78, 5) is 8.33. The first-order chi connectivity index (χ1) is 8.81. The Morgan fingerprint density at radius 1 is 1.28 bits per heavy atom. The van der Waals surface area contributed by atoms with Crippen LogP contribution in [0.1, 0.15) is 18.5 Å². The normalized spacial score (nSPS) is 20.6. The predicted molar refractivity (Wildman–Crippen MR) is 66.6 cm³/mol. The van der Waals surface area contributed by atoms with Gasteiger partial charge in [-0.3, -0.25) is 0 Å². The van der Waals surface area contributed by atoms with Gasteiger partial charge in [0.1, 0.15) is 18.1 Å². The lowest BCUT2D eigenvalue weighted by atomic mass is 9.98. The molecule has 0 radical (unpaired) electrons. The van der Waals surface area contributed by atoms with Crippen molar-refractivity contribution < 1.29 is 5.21 Å². The van der Waals surface area contributed by atoms with Gasteiger partial charge in [0.05, 0.1) is 5.71 Å². The van der Waals surface area contributed by atoms with Crippen molar-refractivity contribution >= 4 is 17.4 Å². The summed E-state index contributed by atoms with van der Waals surface area (Å²) in [6.45, 7) is 1.79. The maximum Gasteiger partial charge on any atom is 0.249 e.